The van der Waals surface area contributed by atoms with Crippen LogP contribution >= 0.6 is 15.9 Å². The summed E-state index contributed by atoms with van der Waals surface area (Å²) in [6, 6.07) is 4.87. The molecule has 6 heteroatoms. The van der Waals surface area contributed by atoms with Crippen LogP contribution in [0.25, 0.3) is 0 Å². The molecule has 16 heavy (non-hydrogen) atoms. The molecule has 5 nitrogen and oxygen atoms in total. The van der Waals surface area contributed by atoms with E-state index in [0.717, 1.165) is 4.47 Å². The number of primary amides is 1. The lowest BCUT2D eigenvalue weighted by molar-refractivity contribution is -0.121. The van der Waals surface area contributed by atoms with Crippen LogP contribution in [-0.4, -0.2) is 22.2 Å². The number of halogens is 1. The summed E-state index contributed by atoms with van der Waals surface area (Å²) in [4.78, 5) is 10.6. The van der Waals surface area contributed by atoms with Crippen molar-refractivity contribution in [2.75, 3.05) is 5.73 Å². The average Bonchev–Trinajstić information content (AvgIpc) is 2.15. The van der Waals surface area contributed by atoms with Gasteiger partial charge in [0.05, 0.1) is 12.5 Å². The monoisotopic (exact) mass is 288 g/mol. The van der Waals surface area contributed by atoms with E-state index in [1.54, 1.807) is 18.2 Å². The first-order valence-electron chi connectivity index (χ1n) is 4.61. The quantitative estimate of drug-likeness (QED) is 0.597. The van der Waals surface area contributed by atoms with E-state index in [9.17, 15) is 15.0 Å². The van der Waals surface area contributed by atoms with Crippen molar-refractivity contribution in [3.05, 3.63) is 28.2 Å². The number of amides is 1. The summed E-state index contributed by atoms with van der Waals surface area (Å²) in [5.74, 6) is -0.678. The van der Waals surface area contributed by atoms with E-state index in [-0.39, 0.29) is 6.42 Å². The SMILES string of the molecule is NC(=O)CC(O)C(O)c1ccc(Br)cc1N. The molecule has 0 spiro atoms. The zero-order valence-corrected chi connectivity index (χ0v) is 10.0. The largest absolute Gasteiger partial charge is 0.398 e. The van der Waals surface area contributed by atoms with E-state index in [4.69, 9.17) is 11.5 Å². The van der Waals surface area contributed by atoms with E-state index < -0.39 is 18.1 Å². The van der Waals surface area contributed by atoms with Crippen LogP contribution in [0.5, 0.6) is 0 Å². The lowest BCUT2D eigenvalue weighted by Crippen LogP contribution is -2.26. The zero-order valence-electron chi connectivity index (χ0n) is 8.43. The first-order valence-corrected chi connectivity index (χ1v) is 5.40. The van der Waals surface area contributed by atoms with Crippen molar-refractivity contribution in [3.8, 4) is 0 Å². The molecule has 0 aliphatic rings. The van der Waals surface area contributed by atoms with Gasteiger partial charge in [-0.05, 0) is 12.1 Å². The Labute approximate surface area is 101 Å². The third-order valence-electron chi connectivity index (χ3n) is 2.14. The third-order valence-corrected chi connectivity index (χ3v) is 2.64. The van der Waals surface area contributed by atoms with E-state index in [2.05, 4.69) is 15.9 Å². The Morgan fingerprint density at radius 3 is 2.56 bits per heavy atom. The molecule has 1 aromatic rings. The fourth-order valence-corrected chi connectivity index (χ4v) is 1.72. The molecule has 0 saturated carbocycles. The van der Waals surface area contributed by atoms with Gasteiger partial charge in [0.1, 0.15) is 6.10 Å². The smallest absolute Gasteiger partial charge is 0.220 e. The van der Waals surface area contributed by atoms with Gasteiger partial charge in [-0.15, -0.1) is 0 Å². The summed E-state index contributed by atoms with van der Waals surface area (Å²) in [6.07, 6.45) is -2.78. The number of nitrogens with two attached hydrogens (primary N) is 2. The van der Waals surface area contributed by atoms with Gasteiger partial charge < -0.3 is 21.7 Å². The molecular formula is C10H13BrN2O3. The highest BCUT2D eigenvalue weighted by molar-refractivity contribution is 9.10. The molecule has 0 aliphatic carbocycles. The molecule has 1 amide bonds. The van der Waals surface area contributed by atoms with Crippen molar-refractivity contribution in [2.24, 2.45) is 5.73 Å². The molecular weight excluding hydrogens is 276 g/mol. The van der Waals surface area contributed by atoms with Crippen LogP contribution in [-0.2, 0) is 4.79 Å². The molecule has 0 heterocycles. The summed E-state index contributed by atoms with van der Waals surface area (Å²) in [5.41, 5.74) is 11.3. The van der Waals surface area contributed by atoms with Crippen molar-refractivity contribution >= 4 is 27.5 Å². The zero-order chi connectivity index (χ0) is 12.3. The Bertz CT molecular complexity index is 398. The number of hydrogen-bond acceptors (Lipinski definition) is 4. The van der Waals surface area contributed by atoms with Gasteiger partial charge in [-0.3, -0.25) is 4.79 Å². The molecule has 0 bridgehead atoms. The normalized spacial score (nSPS) is 14.4. The highest BCUT2D eigenvalue weighted by Crippen LogP contribution is 2.27. The fraction of sp³-hybridized carbons (Fsp3) is 0.300. The Morgan fingerprint density at radius 2 is 2.06 bits per heavy atom. The van der Waals surface area contributed by atoms with Gasteiger partial charge in [-0.1, -0.05) is 22.0 Å². The second-order valence-electron chi connectivity index (χ2n) is 3.46. The predicted octanol–water partition coefficient (Wildman–Crippen LogP) is 0.301. The highest BCUT2D eigenvalue weighted by atomic mass is 79.9. The Morgan fingerprint density at radius 1 is 1.44 bits per heavy atom. The van der Waals surface area contributed by atoms with Crippen LogP contribution in [0.4, 0.5) is 5.69 Å². The summed E-state index contributed by atoms with van der Waals surface area (Å²) in [6.45, 7) is 0. The predicted molar refractivity (Wildman–Crippen MR) is 63.3 cm³/mol. The highest BCUT2D eigenvalue weighted by Gasteiger charge is 2.22. The number of carbonyl (C=O) groups excluding carboxylic acids is 1. The van der Waals surface area contributed by atoms with Crippen molar-refractivity contribution < 1.29 is 15.0 Å². The lowest BCUT2D eigenvalue weighted by atomic mass is 10.0. The van der Waals surface area contributed by atoms with Crippen molar-refractivity contribution in [1.29, 1.82) is 0 Å². The summed E-state index contributed by atoms with van der Waals surface area (Å²) >= 11 is 3.22. The second kappa shape index (κ2) is 5.29. The number of anilines is 1. The maximum Gasteiger partial charge on any atom is 0.220 e. The summed E-state index contributed by atoms with van der Waals surface area (Å²) < 4.78 is 0.769. The van der Waals surface area contributed by atoms with E-state index in [1.165, 1.54) is 0 Å². The average molecular weight is 289 g/mol. The fourth-order valence-electron chi connectivity index (χ4n) is 1.34. The number of nitrogen functional groups attached to an aromatic ring is 1. The molecule has 0 aliphatic heterocycles. The Balaban J connectivity index is 2.87. The van der Waals surface area contributed by atoms with Crippen LogP contribution in [0.15, 0.2) is 22.7 Å². The standard InChI is InChI=1S/C10H13BrN2O3/c11-5-1-2-6(7(12)3-5)10(16)8(14)4-9(13)15/h1-3,8,10,14,16H,4,12H2,(H2,13,15). The minimum absolute atomic E-state index is 0.309. The van der Waals surface area contributed by atoms with Crippen LogP contribution in [0.2, 0.25) is 0 Å². The number of benzene rings is 1. The maximum absolute atomic E-state index is 10.6. The number of hydrogen-bond donors (Lipinski definition) is 4. The van der Waals surface area contributed by atoms with Gasteiger partial charge in [0.15, 0.2) is 0 Å². The lowest BCUT2D eigenvalue weighted by Gasteiger charge is -2.18. The molecule has 0 radical (unpaired) electrons. The van der Waals surface area contributed by atoms with E-state index in [1.807, 2.05) is 0 Å². The van der Waals surface area contributed by atoms with Crippen molar-refractivity contribution in [1.82, 2.24) is 0 Å². The molecule has 2 atom stereocenters. The molecule has 1 rings (SSSR count). The number of carbonyl (C=O) groups is 1. The molecule has 6 N–H and O–H groups in total. The Hall–Kier alpha value is -1.11. The van der Waals surface area contributed by atoms with Crippen molar-refractivity contribution in [3.63, 3.8) is 0 Å². The summed E-state index contributed by atoms with van der Waals surface area (Å²) in [5, 5.41) is 19.3. The maximum atomic E-state index is 10.6. The van der Waals surface area contributed by atoms with Crippen molar-refractivity contribution in [2.45, 2.75) is 18.6 Å². The van der Waals surface area contributed by atoms with Gasteiger partial charge >= 0.3 is 0 Å². The Kier molecular flexibility index (Phi) is 4.28. The van der Waals surface area contributed by atoms with E-state index in [0.29, 0.717) is 11.3 Å². The number of rotatable bonds is 4. The summed E-state index contributed by atoms with van der Waals surface area (Å²) in [7, 11) is 0. The van der Waals surface area contributed by atoms with Gasteiger partial charge in [-0.2, -0.15) is 0 Å². The van der Waals surface area contributed by atoms with Gasteiger partial charge in [-0.25, -0.2) is 0 Å². The second-order valence-corrected chi connectivity index (χ2v) is 4.37. The van der Waals surface area contributed by atoms with Crippen LogP contribution in [0.1, 0.15) is 18.1 Å². The molecule has 0 aromatic heterocycles. The molecule has 2 unspecified atom stereocenters. The molecule has 0 fully saturated rings. The minimum atomic E-state index is -1.25. The molecule has 0 saturated heterocycles. The first kappa shape index (κ1) is 13.0. The topological polar surface area (TPSA) is 110 Å². The van der Waals surface area contributed by atoms with Gasteiger partial charge in [0.25, 0.3) is 0 Å². The molecule has 1 aromatic carbocycles. The van der Waals surface area contributed by atoms with Crippen LogP contribution < -0.4 is 11.5 Å². The third kappa shape index (κ3) is 3.19. The first-order chi connectivity index (χ1) is 7.41. The molecule has 88 valence electrons. The minimum Gasteiger partial charge on any atom is -0.398 e. The van der Waals surface area contributed by atoms with Crippen LogP contribution in [0.3, 0.4) is 0 Å². The number of aliphatic hydroxyl groups excluding tert-OH is 2. The van der Waals surface area contributed by atoms with Crippen LogP contribution in [0, 0.1) is 0 Å². The number of aliphatic hydroxyl groups is 2. The van der Waals surface area contributed by atoms with Gasteiger partial charge in [0.2, 0.25) is 5.91 Å². The van der Waals surface area contributed by atoms with Gasteiger partial charge in [0, 0.05) is 15.7 Å². The van der Waals surface area contributed by atoms with E-state index >= 15 is 0 Å².